The fourth-order valence-electron chi connectivity index (χ4n) is 5.07. The molecule has 11 heteroatoms. The number of hydrogen-bond donors (Lipinski definition) is 2. The maximum atomic E-state index is 12.8. The number of nitrogens with two attached hydrogens (primary N) is 1. The minimum Gasteiger partial charge on any atom is -0.447 e. The van der Waals surface area contributed by atoms with Crippen molar-refractivity contribution in [1.29, 1.82) is 0 Å². The van der Waals surface area contributed by atoms with E-state index in [9.17, 15) is 9.59 Å². The summed E-state index contributed by atoms with van der Waals surface area (Å²) in [6.07, 6.45) is 8.21. The number of carbonyl (C=O) groups excluding carboxylic acids is 2. The highest BCUT2D eigenvalue weighted by molar-refractivity contribution is 6.30. The van der Waals surface area contributed by atoms with Crippen molar-refractivity contribution in [1.82, 2.24) is 20.0 Å². The first kappa shape index (κ1) is 36.6. The summed E-state index contributed by atoms with van der Waals surface area (Å²) in [4.78, 5) is 35.3. The number of rotatable bonds is 15. The van der Waals surface area contributed by atoms with Crippen LogP contribution >= 0.6 is 11.6 Å². The topological polar surface area (TPSA) is 113 Å². The number of piperazine rings is 1. The van der Waals surface area contributed by atoms with E-state index in [2.05, 4.69) is 41.4 Å². The molecular weight excluding hydrogens is 580 g/mol. The molecule has 1 aromatic carbocycles. The first-order chi connectivity index (χ1) is 20.9. The lowest BCUT2D eigenvalue weighted by atomic mass is 9.87. The zero-order valence-electron chi connectivity index (χ0n) is 27.0. The largest absolute Gasteiger partial charge is 0.447 e. The van der Waals surface area contributed by atoms with Gasteiger partial charge in [0.15, 0.2) is 0 Å². The van der Waals surface area contributed by atoms with Crippen molar-refractivity contribution < 1.29 is 19.1 Å². The van der Waals surface area contributed by atoms with Gasteiger partial charge in [-0.3, -0.25) is 14.7 Å². The van der Waals surface area contributed by atoms with Crippen molar-refractivity contribution in [2.75, 3.05) is 54.0 Å². The molecule has 1 aliphatic rings. The van der Waals surface area contributed by atoms with Gasteiger partial charge in [-0.05, 0) is 68.6 Å². The Hall–Kier alpha value is -3.60. The van der Waals surface area contributed by atoms with Gasteiger partial charge in [-0.15, -0.1) is 0 Å². The van der Waals surface area contributed by atoms with Crippen LogP contribution in [-0.4, -0.2) is 99.2 Å². The van der Waals surface area contributed by atoms with Crippen LogP contribution in [0.4, 0.5) is 4.79 Å². The number of carbonyl (C=O) groups is 2. The first-order valence-electron chi connectivity index (χ1n) is 14.8. The Bertz CT molecular complexity index is 1240. The highest BCUT2D eigenvalue weighted by atomic mass is 35.5. The van der Waals surface area contributed by atoms with Crippen LogP contribution < -0.4 is 11.1 Å². The normalized spacial score (nSPS) is 15.9. The van der Waals surface area contributed by atoms with E-state index in [1.165, 1.54) is 12.7 Å². The zero-order valence-corrected chi connectivity index (χ0v) is 27.8. The van der Waals surface area contributed by atoms with Crippen molar-refractivity contribution in [2.24, 2.45) is 10.7 Å². The molecule has 2 atom stereocenters. The van der Waals surface area contributed by atoms with Gasteiger partial charge in [-0.1, -0.05) is 48.6 Å². The van der Waals surface area contributed by atoms with E-state index in [-0.39, 0.29) is 30.8 Å². The molecule has 0 aromatic heterocycles. The molecule has 1 saturated heterocycles. The fraction of sp³-hybridized carbons (Fsp3) is 0.485. The van der Waals surface area contributed by atoms with Crippen LogP contribution in [0.15, 0.2) is 66.0 Å². The van der Waals surface area contributed by atoms with Crippen molar-refractivity contribution in [3.63, 3.8) is 0 Å². The molecule has 0 unspecified atom stereocenters. The summed E-state index contributed by atoms with van der Waals surface area (Å²) >= 11 is 6.58. The zero-order chi connectivity index (χ0) is 32.8. The summed E-state index contributed by atoms with van der Waals surface area (Å²) < 4.78 is 10.5. The predicted molar refractivity (Wildman–Crippen MR) is 179 cm³/mol. The standard InChI is InChI=1S/C33H49ClN6O4/c1-23(2)44-33(42)40-17-15-39(16-18-40)30(19-24(3)11-9-10-14-35)28-13-12-27(34)20-29(28)25(4)32(37-31(41)21-43-8)26(5)38(7)22-36-6/h10-14,20,22-23,30,32H,4-5,9,15-19,21,35H2,1-3,6-8H3,(H,37,41)/b14-10-,24-11-,36-22?/t30-,32-/m1/s1. The Morgan fingerprint density at radius 3 is 2.50 bits per heavy atom. The second-order valence-electron chi connectivity index (χ2n) is 11.1. The van der Waals surface area contributed by atoms with Gasteiger partial charge in [0.2, 0.25) is 5.91 Å². The predicted octanol–water partition coefficient (Wildman–Crippen LogP) is 4.99. The molecule has 1 aliphatic heterocycles. The van der Waals surface area contributed by atoms with E-state index in [0.717, 1.165) is 24.0 Å². The van der Waals surface area contributed by atoms with E-state index in [4.69, 9.17) is 26.8 Å². The Balaban J connectivity index is 2.56. The van der Waals surface area contributed by atoms with E-state index in [0.29, 0.717) is 42.5 Å². The number of nitrogens with zero attached hydrogens (tertiary/aromatic N) is 4. The molecule has 44 heavy (non-hydrogen) atoms. The fourth-order valence-corrected chi connectivity index (χ4v) is 5.25. The summed E-state index contributed by atoms with van der Waals surface area (Å²) in [6, 6.07) is 5.05. The molecule has 3 N–H and O–H groups in total. The summed E-state index contributed by atoms with van der Waals surface area (Å²) in [5.74, 6) is -0.307. The monoisotopic (exact) mass is 628 g/mol. The number of halogens is 1. The molecule has 2 rings (SSSR count). The quantitative estimate of drug-likeness (QED) is 0.160. The number of benzene rings is 1. The Morgan fingerprint density at radius 1 is 1.23 bits per heavy atom. The number of allylic oxidation sites excluding steroid dienone is 2. The molecular formula is C33H49ClN6O4. The van der Waals surface area contributed by atoms with Gasteiger partial charge in [-0.25, -0.2) is 4.79 Å². The molecule has 0 spiro atoms. The Morgan fingerprint density at radius 2 is 1.91 bits per heavy atom. The highest BCUT2D eigenvalue weighted by Gasteiger charge is 2.32. The number of aliphatic imine (C=N–C) groups is 1. The molecule has 1 heterocycles. The number of likely N-dealkylation sites (N-methyl/N-ethyl adjacent to an activating group) is 1. The van der Waals surface area contributed by atoms with Gasteiger partial charge in [-0.2, -0.15) is 0 Å². The average Bonchev–Trinajstić information content (AvgIpc) is 2.98. The third-order valence-electron chi connectivity index (χ3n) is 7.33. The number of ether oxygens (including phenoxy) is 2. The molecule has 1 fully saturated rings. The SMILES string of the molecule is C=C(c1cc(Cl)ccc1[C@@H](C/C(C)=C\C/C=C\N)N1CCN(C(=O)OC(C)C)CC1)[C@@H](NC(=O)COC)C(=C)N(C)C=NC. The van der Waals surface area contributed by atoms with Crippen molar-refractivity contribution in [3.8, 4) is 0 Å². The summed E-state index contributed by atoms with van der Waals surface area (Å²) in [5.41, 5.74) is 9.78. The van der Waals surface area contributed by atoms with Crippen molar-refractivity contribution in [3.05, 3.63) is 77.1 Å². The molecule has 1 aromatic rings. The van der Waals surface area contributed by atoms with Gasteiger partial charge in [0, 0.05) is 64.1 Å². The first-order valence-corrected chi connectivity index (χ1v) is 15.1. The van der Waals surface area contributed by atoms with Gasteiger partial charge in [0.25, 0.3) is 0 Å². The molecule has 0 radical (unpaired) electrons. The smallest absolute Gasteiger partial charge is 0.410 e. The third-order valence-corrected chi connectivity index (χ3v) is 7.56. The second kappa shape index (κ2) is 18.3. The lowest BCUT2D eigenvalue weighted by Gasteiger charge is -2.40. The maximum Gasteiger partial charge on any atom is 0.410 e. The number of amides is 2. The minimum atomic E-state index is -0.660. The summed E-state index contributed by atoms with van der Waals surface area (Å²) in [7, 11) is 4.95. The molecule has 10 nitrogen and oxygen atoms in total. The van der Waals surface area contributed by atoms with Crippen LogP contribution in [0.3, 0.4) is 0 Å². The average molecular weight is 629 g/mol. The maximum absolute atomic E-state index is 12.8. The summed E-state index contributed by atoms with van der Waals surface area (Å²) in [5, 5.41) is 3.56. The molecule has 0 saturated carbocycles. The Labute approximate surface area is 267 Å². The van der Waals surface area contributed by atoms with Gasteiger partial charge >= 0.3 is 6.09 Å². The Kier molecular flexibility index (Phi) is 15.2. The van der Waals surface area contributed by atoms with Crippen LogP contribution in [0, 0.1) is 0 Å². The van der Waals surface area contributed by atoms with Crippen molar-refractivity contribution in [2.45, 2.75) is 51.8 Å². The van der Waals surface area contributed by atoms with E-state index >= 15 is 0 Å². The van der Waals surface area contributed by atoms with Gasteiger partial charge in [0.1, 0.15) is 6.61 Å². The molecule has 2 amide bonds. The van der Waals surface area contributed by atoms with E-state index in [1.807, 2.05) is 45.2 Å². The van der Waals surface area contributed by atoms with E-state index < -0.39 is 6.04 Å². The van der Waals surface area contributed by atoms with E-state index in [1.54, 1.807) is 29.4 Å². The number of methoxy groups -OCH3 is 1. The number of hydrogen-bond acceptors (Lipinski definition) is 7. The highest BCUT2D eigenvalue weighted by Crippen LogP contribution is 2.37. The van der Waals surface area contributed by atoms with Crippen molar-refractivity contribution >= 4 is 35.5 Å². The number of nitrogens with one attached hydrogen (secondary N) is 1. The second-order valence-corrected chi connectivity index (χ2v) is 11.5. The lowest BCUT2D eigenvalue weighted by molar-refractivity contribution is -0.124. The summed E-state index contributed by atoms with van der Waals surface area (Å²) in [6.45, 7) is 16.8. The third kappa shape index (κ3) is 10.8. The molecule has 0 bridgehead atoms. The van der Waals surface area contributed by atoms with Gasteiger partial charge in [0.05, 0.1) is 18.5 Å². The van der Waals surface area contributed by atoms with Crippen LogP contribution in [0.2, 0.25) is 5.02 Å². The van der Waals surface area contributed by atoms with Crippen LogP contribution in [0.1, 0.15) is 50.8 Å². The van der Waals surface area contributed by atoms with Crippen LogP contribution in [-0.2, 0) is 14.3 Å². The lowest BCUT2D eigenvalue weighted by Crippen LogP contribution is -2.50. The molecule has 242 valence electrons. The minimum absolute atomic E-state index is 0.0704. The molecule has 0 aliphatic carbocycles. The van der Waals surface area contributed by atoms with Gasteiger partial charge < -0.3 is 30.3 Å². The van der Waals surface area contributed by atoms with Crippen LogP contribution in [0.25, 0.3) is 5.57 Å². The van der Waals surface area contributed by atoms with Crippen LogP contribution in [0.5, 0.6) is 0 Å².